The Balaban J connectivity index is 1.50. The van der Waals surface area contributed by atoms with Crippen molar-refractivity contribution in [3.8, 4) is 0 Å². The molecule has 3 aliphatic heterocycles. The maximum Gasteiger partial charge on any atom is 0.111 e. The molecular formula is C23H42O15. The standard InChI is InChI=1S/C23H42O15/c1-9-17(27)18(28)10(12(2-24)36-9)5-34-7-15-21(31)19(29)11(13(3-25)37-15)6-35-8-16-22(32)23(33)20(30)14(4-26)38-16/h9-33H,2-8H2,1H3/t9-,10+,11+,12?,13?,14?,15-,16-,17?,18+,19+,20+,21?,22?,23+/m0/s1. The molecule has 38 heavy (non-hydrogen) atoms. The molecule has 0 amide bonds. The number of hydrogen-bond acceptors (Lipinski definition) is 15. The highest BCUT2D eigenvalue weighted by Gasteiger charge is 2.47. The molecule has 3 rings (SSSR count). The summed E-state index contributed by atoms with van der Waals surface area (Å²) in [5.41, 5.74) is 0. The van der Waals surface area contributed by atoms with Gasteiger partial charge in [0.1, 0.15) is 48.8 Å². The topological polar surface area (TPSA) is 248 Å². The van der Waals surface area contributed by atoms with Gasteiger partial charge in [-0.15, -0.1) is 0 Å². The average molecular weight is 559 g/mol. The summed E-state index contributed by atoms with van der Waals surface area (Å²) in [6.07, 6.45) is -15.5. The van der Waals surface area contributed by atoms with E-state index in [1.807, 2.05) is 0 Å². The molecule has 0 radical (unpaired) electrons. The average Bonchev–Trinajstić information content (AvgIpc) is 2.91. The lowest BCUT2D eigenvalue weighted by molar-refractivity contribution is -0.250. The van der Waals surface area contributed by atoms with E-state index in [-0.39, 0.29) is 26.4 Å². The Morgan fingerprint density at radius 2 is 0.842 bits per heavy atom. The third-order valence-corrected chi connectivity index (χ3v) is 7.67. The fraction of sp³-hybridized carbons (Fsp3) is 1.00. The molecule has 3 fully saturated rings. The SMILES string of the molecule is C[C@@H]1OC(CO)[C@@H](COC[C@@H]2OC(CO)[C@@H](COC[C@@H]3OC(CO)[C@@H](O)[C@@H](O)C3O)[C@@H](O)C2O)[C@@H](O)C1O. The minimum absolute atomic E-state index is 0.145. The van der Waals surface area contributed by atoms with E-state index in [4.69, 9.17) is 23.7 Å². The summed E-state index contributed by atoms with van der Waals surface area (Å²) in [5, 5.41) is 100. The molecule has 6 unspecified atom stereocenters. The monoisotopic (exact) mass is 558 g/mol. The van der Waals surface area contributed by atoms with Crippen molar-refractivity contribution in [3.05, 3.63) is 0 Å². The van der Waals surface area contributed by atoms with E-state index in [0.717, 1.165) is 0 Å². The Labute approximate surface area is 219 Å². The van der Waals surface area contributed by atoms with Crippen LogP contribution in [0.3, 0.4) is 0 Å². The minimum Gasteiger partial charge on any atom is -0.394 e. The van der Waals surface area contributed by atoms with E-state index in [1.54, 1.807) is 6.92 Å². The van der Waals surface area contributed by atoms with Gasteiger partial charge in [0.05, 0.1) is 76.8 Å². The Kier molecular flexibility index (Phi) is 12.0. The van der Waals surface area contributed by atoms with Gasteiger partial charge in [-0.2, -0.15) is 0 Å². The molecule has 0 bridgehead atoms. The number of hydrogen-bond donors (Lipinski definition) is 10. The van der Waals surface area contributed by atoms with Gasteiger partial charge >= 0.3 is 0 Å². The van der Waals surface area contributed by atoms with Crippen LogP contribution in [0.4, 0.5) is 0 Å². The van der Waals surface area contributed by atoms with Gasteiger partial charge in [0.2, 0.25) is 0 Å². The van der Waals surface area contributed by atoms with Gasteiger partial charge in [-0.25, -0.2) is 0 Å². The predicted octanol–water partition coefficient (Wildman–Crippen LogP) is -5.92. The Morgan fingerprint density at radius 3 is 1.34 bits per heavy atom. The van der Waals surface area contributed by atoms with E-state index >= 15 is 0 Å². The summed E-state index contributed by atoms with van der Waals surface area (Å²) in [6.45, 7) is -0.846. The smallest absolute Gasteiger partial charge is 0.111 e. The van der Waals surface area contributed by atoms with Crippen molar-refractivity contribution in [1.29, 1.82) is 0 Å². The minimum atomic E-state index is -1.56. The van der Waals surface area contributed by atoms with Gasteiger partial charge in [-0.1, -0.05) is 0 Å². The molecule has 0 spiro atoms. The lowest BCUT2D eigenvalue weighted by atomic mass is 9.87. The molecule has 3 aliphatic rings. The molecular weight excluding hydrogens is 516 g/mol. The van der Waals surface area contributed by atoms with E-state index in [9.17, 15) is 51.1 Å². The molecule has 3 saturated heterocycles. The van der Waals surface area contributed by atoms with Gasteiger partial charge in [0.25, 0.3) is 0 Å². The van der Waals surface area contributed by atoms with Crippen LogP contribution in [0.15, 0.2) is 0 Å². The first-order chi connectivity index (χ1) is 18.0. The second-order valence-electron chi connectivity index (χ2n) is 10.2. The van der Waals surface area contributed by atoms with Crippen molar-refractivity contribution in [2.24, 2.45) is 11.8 Å². The number of rotatable bonds is 11. The van der Waals surface area contributed by atoms with Crippen molar-refractivity contribution in [2.75, 3.05) is 46.2 Å². The Hall–Kier alpha value is -0.600. The molecule has 10 N–H and O–H groups in total. The molecule has 15 atom stereocenters. The number of ether oxygens (including phenoxy) is 5. The highest BCUT2D eigenvalue weighted by molar-refractivity contribution is 4.94. The molecule has 224 valence electrons. The molecule has 0 aliphatic carbocycles. The summed E-state index contributed by atoms with van der Waals surface area (Å²) < 4.78 is 27.7. The summed E-state index contributed by atoms with van der Waals surface area (Å²) in [4.78, 5) is 0. The summed E-state index contributed by atoms with van der Waals surface area (Å²) >= 11 is 0. The summed E-state index contributed by atoms with van der Waals surface area (Å²) in [7, 11) is 0. The van der Waals surface area contributed by atoms with Gasteiger partial charge in [-0.3, -0.25) is 0 Å². The van der Waals surface area contributed by atoms with E-state index in [1.165, 1.54) is 0 Å². The van der Waals surface area contributed by atoms with Crippen LogP contribution in [0.5, 0.6) is 0 Å². The van der Waals surface area contributed by atoms with Crippen molar-refractivity contribution in [2.45, 2.75) is 86.3 Å². The Bertz CT molecular complexity index is 696. The normalized spacial score (nSPS) is 48.2. The van der Waals surface area contributed by atoms with Crippen LogP contribution in [0.25, 0.3) is 0 Å². The van der Waals surface area contributed by atoms with Gasteiger partial charge in [0, 0.05) is 11.8 Å². The maximum absolute atomic E-state index is 10.7. The fourth-order valence-corrected chi connectivity index (χ4v) is 5.17. The van der Waals surface area contributed by atoms with Crippen LogP contribution in [0.1, 0.15) is 6.92 Å². The van der Waals surface area contributed by atoms with Gasteiger partial charge in [-0.05, 0) is 6.92 Å². The highest BCUT2D eigenvalue weighted by atomic mass is 16.6. The van der Waals surface area contributed by atoms with Crippen molar-refractivity contribution in [3.63, 3.8) is 0 Å². The lowest BCUT2D eigenvalue weighted by Gasteiger charge is -2.43. The summed E-state index contributed by atoms with van der Waals surface area (Å²) in [5.74, 6) is -1.64. The zero-order valence-corrected chi connectivity index (χ0v) is 21.1. The van der Waals surface area contributed by atoms with Crippen molar-refractivity contribution >= 4 is 0 Å². The highest BCUT2D eigenvalue weighted by Crippen LogP contribution is 2.30. The molecule has 0 aromatic heterocycles. The van der Waals surface area contributed by atoms with Gasteiger partial charge in [0.15, 0.2) is 0 Å². The predicted molar refractivity (Wildman–Crippen MR) is 124 cm³/mol. The molecule has 0 aromatic rings. The zero-order chi connectivity index (χ0) is 28.1. The second-order valence-corrected chi connectivity index (χ2v) is 10.2. The fourth-order valence-electron chi connectivity index (χ4n) is 5.17. The third kappa shape index (κ3) is 6.99. The van der Waals surface area contributed by atoms with E-state index in [0.29, 0.717) is 0 Å². The van der Waals surface area contributed by atoms with Crippen LogP contribution in [0.2, 0.25) is 0 Å². The zero-order valence-electron chi connectivity index (χ0n) is 21.1. The first-order valence-corrected chi connectivity index (χ1v) is 12.8. The van der Waals surface area contributed by atoms with E-state index in [2.05, 4.69) is 0 Å². The number of aliphatic hydroxyl groups is 10. The first kappa shape index (κ1) is 31.9. The van der Waals surface area contributed by atoms with Crippen molar-refractivity contribution in [1.82, 2.24) is 0 Å². The summed E-state index contributed by atoms with van der Waals surface area (Å²) in [6, 6.07) is 0. The molecule has 15 nitrogen and oxygen atoms in total. The quantitative estimate of drug-likeness (QED) is 0.113. The van der Waals surface area contributed by atoms with Crippen LogP contribution >= 0.6 is 0 Å². The lowest BCUT2D eigenvalue weighted by Crippen LogP contribution is -2.60. The van der Waals surface area contributed by atoms with Crippen LogP contribution in [0, 0.1) is 11.8 Å². The largest absolute Gasteiger partial charge is 0.394 e. The van der Waals surface area contributed by atoms with Crippen molar-refractivity contribution < 1.29 is 74.7 Å². The first-order valence-electron chi connectivity index (χ1n) is 12.8. The molecule has 15 heteroatoms. The third-order valence-electron chi connectivity index (χ3n) is 7.67. The molecule has 0 saturated carbocycles. The van der Waals surface area contributed by atoms with Crippen LogP contribution in [-0.4, -0.2) is 177 Å². The van der Waals surface area contributed by atoms with Crippen LogP contribution < -0.4 is 0 Å². The van der Waals surface area contributed by atoms with Crippen LogP contribution in [-0.2, 0) is 23.7 Å². The molecule has 0 aromatic carbocycles. The Morgan fingerprint density at radius 1 is 0.447 bits per heavy atom. The van der Waals surface area contributed by atoms with Gasteiger partial charge < -0.3 is 74.7 Å². The maximum atomic E-state index is 10.7. The second kappa shape index (κ2) is 14.3. The van der Waals surface area contributed by atoms with E-state index < -0.39 is 111 Å². The molecule has 3 heterocycles. The number of aliphatic hydroxyl groups excluding tert-OH is 10.